The van der Waals surface area contributed by atoms with E-state index in [4.69, 9.17) is 0 Å². The van der Waals surface area contributed by atoms with Gasteiger partial charge >= 0.3 is 0 Å². The predicted octanol–water partition coefficient (Wildman–Crippen LogP) is 1.11. The minimum Gasteiger partial charge on any atom is -0.372 e. The minimum atomic E-state index is 1.06. The Bertz CT molecular complexity index is 265. The zero-order chi connectivity index (χ0) is 11.1. The normalized spacial score (nSPS) is 17.5. The highest BCUT2D eigenvalue weighted by Crippen LogP contribution is 2.02. The van der Waals surface area contributed by atoms with Gasteiger partial charge in [0.05, 0.1) is 0 Å². The maximum Gasteiger partial charge on any atom is 0.103 e. The Kier molecular flexibility index (Phi) is 4.70. The molecular formula is C12H22N4. The Hall–Kier alpha value is -1.00. The molecule has 1 saturated heterocycles. The van der Waals surface area contributed by atoms with E-state index in [-0.39, 0.29) is 0 Å². The van der Waals surface area contributed by atoms with Crippen LogP contribution in [0.5, 0.6) is 0 Å². The lowest BCUT2D eigenvalue weighted by atomic mass is 10.2. The number of H-pyrrole nitrogens is 1. The first-order valence-electron chi connectivity index (χ1n) is 6.25. The number of nitrogens with one attached hydrogen (secondary N) is 3. The lowest BCUT2D eigenvalue weighted by Gasteiger charge is -2.27. The highest BCUT2D eigenvalue weighted by molar-refractivity contribution is 5.33. The molecule has 0 atom stereocenters. The van der Waals surface area contributed by atoms with Crippen LogP contribution in [0.2, 0.25) is 0 Å². The Labute approximate surface area is 97.4 Å². The van der Waals surface area contributed by atoms with Gasteiger partial charge in [-0.1, -0.05) is 0 Å². The van der Waals surface area contributed by atoms with Crippen LogP contribution in [0.15, 0.2) is 18.3 Å². The largest absolute Gasteiger partial charge is 0.372 e. The van der Waals surface area contributed by atoms with Gasteiger partial charge in [-0.05, 0) is 31.5 Å². The van der Waals surface area contributed by atoms with Crippen molar-refractivity contribution in [3.63, 3.8) is 0 Å². The van der Waals surface area contributed by atoms with E-state index in [1.165, 1.54) is 32.5 Å². The fourth-order valence-corrected chi connectivity index (χ4v) is 2.06. The highest BCUT2D eigenvalue weighted by Gasteiger charge is 2.07. The van der Waals surface area contributed by atoms with Crippen molar-refractivity contribution in [2.45, 2.75) is 12.8 Å². The second-order valence-corrected chi connectivity index (χ2v) is 4.31. The van der Waals surface area contributed by atoms with Crippen LogP contribution in [0.4, 0.5) is 5.82 Å². The maximum absolute atomic E-state index is 3.38. The second kappa shape index (κ2) is 6.55. The molecule has 1 fully saturated rings. The van der Waals surface area contributed by atoms with Crippen LogP contribution in [0.25, 0.3) is 0 Å². The average molecular weight is 222 g/mol. The standard InChI is InChI=1S/C12H22N4/c1(5-14-12-4-3-6-15-12)2-9-16-10-7-13-8-11-16/h3-4,6,13-15H,1-2,5,7-11H2. The third-order valence-corrected chi connectivity index (χ3v) is 3.02. The molecule has 16 heavy (non-hydrogen) atoms. The molecule has 90 valence electrons. The van der Waals surface area contributed by atoms with Crippen LogP contribution in [-0.2, 0) is 0 Å². The summed E-state index contributed by atoms with van der Waals surface area (Å²) in [6, 6.07) is 4.08. The van der Waals surface area contributed by atoms with Crippen LogP contribution < -0.4 is 10.6 Å². The van der Waals surface area contributed by atoms with Gasteiger partial charge in [-0.15, -0.1) is 0 Å². The molecule has 0 saturated carbocycles. The van der Waals surface area contributed by atoms with Gasteiger partial charge in [0.1, 0.15) is 5.82 Å². The van der Waals surface area contributed by atoms with Crippen molar-refractivity contribution in [3.05, 3.63) is 18.3 Å². The Morgan fingerprint density at radius 2 is 2.12 bits per heavy atom. The van der Waals surface area contributed by atoms with Crippen molar-refractivity contribution in [1.82, 2.24) is 15.2 Å². The van der Waals surface area contributed by atoms with Crippen LogP contribution in [0, 0.1) is 0 Å². The number of aromatic amines is 1. The number of rotatable bonds is 6. The molecule has 3 N–H and O–H groups in total. The van der Waals surface area contributed by atoms with Crippen molar-refractivity contribution in [2.24, 2.45) is 0 Å². The third kappa shape index (κ3) is 3.87. The smallest absolute Gasteiger partial charge is 0.103 e. The Morgan fingerprint density at radius 1 is 1.25 bits per heavy atom. The molecule has 0 aromatic carbocycles. The maximum atomic E-state index is 3.38. The van der Waals surface area contributed by atoms with Crippen molar-refractivity contribution in [2.75, 3.05) is 44.6 Å². The topological polar surface area (TPSA) is 43.1 Å². The Balaban J connectivity index is 1.48. The predicted molar refractivity (Wildman–Crippen MR) is 67.8 cm³/mol. The van der Waals surface area contributed by atoms with E-state index in [0.29, 0.717) is 0 Å². The van der Waals surface area contributed by atoms with E-state index in [1.54, 1.807) is 0 Å². The van der Waals surface area contributed by atoms with Gasteiger partial charge < -0.3 is 20.5 Å². The molecule has 1 aliphatic rings. The molecule has 0 spiro atoms. The summed E-state index contributed by atoms with van der Waals surface area (Å²) in [5.41, 5.74) is 0. The molecule has 0 aliphatic carbocycles. The summed E-state index contributed by atoms with van der Waals surface area (Å²) in [6.45, 7) is 7.04. The van der Waals surface area contributed by atoms with Gasteiger partial charge in [0, 0.05) is 38.9 Å². The highest BCUT2D eigenvalue weighted by atomic mass is 15.2. The molecule has 0 radical (unpaired) electrons. The lowest BCUT2D eigenvalue weighted by molar-refractivity contribution is 0.237. The van der Waals surface area contributed by atoms with Gasteiger partial charge in [-0.25, -0.2) is 0 Å². The molecule has 4 nitrogen and oxygen atoms in total. The first-order valence-corrected chi connectivity index (χ1v) is 6.25. The third-order valence-electron chi connectivity index (χ3n) is 3.02. The van der Waals surface area contributed by atoms with E-state index in [1.807, 2.05) is 12.3 Å². The van der Waals surface area contributed by atoms with E-state index in [0.717, 1.165) is 25.5 Å². The lowest BCUT2D eigenvalue weighted by Crippen LogP contribution is -2.43. The van der Waals surface area contributed by atoms with Gasteiger partial charge in [0.15, 0.2) is 0 Å². The zero-order valence-corrected chi connectivity index (χ0v) is 9.84. The SMILES string of the molecule is c1c[nH]c(NCCCCN2CCNCC2)c1. The van der Waals surface area contributed by atoms with E-state index < -0.39 is 0 Å². The van der Waals surface area contributed by atoms with E-state index in [9.17, 15) is 0 Å². The number of hydrogen-bond donors (Lipinski definition) is 3. The first-order chi connectivity index (χ1) is 7.95. The molecule has 0 amide bonds. The monoisotopic (exact) mass is 222 g/mol. The summed E-state index contributed by atoms with van der Waals surface area (Å²) in [5.74, 6) is 1.13. The average Bonchev–Trinajstić information content (AvgIpc) is 2.83. The molecule has 2 rings (SSSR count). The fraction of sp³-hybridized carbons (Fsp3) is 0.667. The van der Waals surface area contributed by atoms with Crippen molar-refractivity contribution >= 4 is 5.82 Å². The van der Waals surface area contributed by atoms with Crippen LogP contribution in [0.1, 0.15) is 12.8 Å². The zero-order valence-electron chi connectivity index (χ0n) is 9.84. The minimum absolute atomic E-state index is 1.06. The molecule has 1 aromatic rings. The molecular weight excluding hydrogens is 200 g/mol. The Morgan fingerprint density at radius 3 is 2.88 bits per heavy atom. The summed E-state index contributed by atoms with van der Waals surface area (Å²) in [6.07, 6.45) is 4.47. The molecule has 2 heterocycles. The quantitative estimate of drug-likeness (QED) is 0.632. The summed E-state index contributed by atoms with van der Waals surface area (Å²) < 4.78 is 0. The molecule has 0 unspecified atom stereocenters. The second-order valence-electron chi connectivity index (χ2n) is 4.31. The van der Waals surface area contributed by atoms with Crippen LogP contribution in [0.3, 0.4) is 0 Å². The van der Waals surface area contributed by atoms with Gasteiger partial charge in [-0.2, -0.15) is 0 Å². The summed E-state index contributed by atoms with van der Waals surface area (Å²) in [5, 5.41) is 6.75. The number of piperazine rings is 1. The number of unbranched alkanes of at least 4 members (excludes halogenated alkanes) is 1. The molecule has 1 aromatic heterocycles. The van der Waals surface area contributed by atoms with Crippen LogP contribution in [-0.4, -0.2) is 49.2 Å². The van der Waals surface area contributed by atoms with Gasteiger partial charge in [0.2, 0.25) is 0 Å². The molecule has 0 bridgehead atoms. The van der Waals surface area contributed by atoms with Crippen molar-refractivity contribution in [1.29, 1.82) is 0 Å². The fourth-order valence-electron chi connectivity index (χ4n) is 2.06. The number of aromatic nitrogens is 1. The first kappa shape index (κ1) is 11.5. The van der Waals surface area contributed by atoms with Crippen molar-refractivity contribution in [3.8, 4) is 0 Å². The van der Waals surface area contributed by atoms with Crippen LogP contribution >= 0.6 is 0 Å². The van der Waals surface area contributed by atoms with Gasteiger partial charge in [0.25, 0.3) is 0 Å². The van der Waals surface area contributed by atoms with Gasteiger partial charge in [-0.3, -0.25) is 0 Å². The van der Waals surface area contributed by atoms with E-state index >= 15 is 0 Å². The molecule has 1 aliphatic heterocycles. The summed E-state index contributed by atoms with van der Waals surface area (Å²) in [4.78, 5) is 5.69. The number of hydrogen-bond acceptors (Lipinski definition) is 3. The van der Waals surface area contributed by atoms with Crippen molar-refractivity contribution < 1.29 is 0 Å². The summed E-state index contributed by atoms with van der Waals surface area (Å²) in [7, 11) is 0. The number of anilines is 1. The van der Waals surface area contributed by atoms with E-state index in [2.05, 4.69) is 26.6 Å². The summed E-state index contributed by atoms with van der Waals surface area (Å²) >= 11 is 0. The molecule has 4 heteroatoms. The number of nitrogens with zero attached hydrogens (tertiary/aromatic N) is 1.